The van der Waals surface area contributed by atoms with Gasteiger partial charge >= 0.3 is 6.03 Å². The fraction of sp³-hybridized carbons (Fsp3) is 0.875. The summed E-state index contributed by atoms with van der Waals surface area (Å²) in [5, 5.41) is 3.15. The molecular formula is C16H29N3O2. The van der Waals surface area contributed by atoms with Gasteiger partial charge in [-0.15, -0.1) is 0 Å². The van der Waals surface area contributed by atoms with Crippen LogP contribution < -0.4 is 5.32 Å². The van der Waals surface area contributed by atoms with Gasteiger partial charge in [-0.1, -0.05) is 40.0 Å². The van der Waals surface area contributed by atoms with Gasteiger partial charge in [-0.05, 0) is 12.8 Å². The Balaban J connectivity index is 1.78. The molecular weight excluding hydrogens is 266 g/mol. The largest absolute Gasteiger partial charge is 0.339 e. The molecule has 3 amide bonds. The number of carbonyl (C=O) groups is 2. The minimum absolute atomic E-state index is 0.0461. The third-order valence-corrected chi connectivity index (χ3v) is 4.43. The van der Waals surface area contributed by atoms with Crippen LogP contribution in [0.3, 0.4) is 0 Å². The van der Waals surface area contributed by atoms with Gasteiger partial charge in [0.1, 0.15) is 0 Å². The Labute approximate surface area is 128 Å². The van der Waals surface area contributed by atoms with Gasteiger partial charge in [0.05, 0.1) is 0 Å². The molecule has 1 aliphatic heterocycles. The molecule has 5 nitrogen and oxygen atoms in total. The zero-order valence-electron chi connectivity index (χ0n) is 13.7. The molecule has 1 saturated carbocycles. The van der Waals surface area contributed by atoms with Crippen molar-refractivity contribution >= 4 is 11.9 Å². The standard InChI is InChI=1S/C16H29N3O2/c1-16(2,3)14(20)18-9-11-19(12-10-18)15(21)17-13-7-5-4-6-8-13/h13H,4-12H2,1-3H3,(H,17,21). The molecule has 0 aromatic heterocycles. The smallest absolute Gasteiger partial charge is 0.317 e. The normalized spacial score (nSPS) is 21.3. The first-order valence-electron chi connectivity index (χ1n) is 8.23. The molecule has 2 rings (SSSR count). The van der Waals surface area contributed by atoms with E-state index in [-0.39, 0.29) is 17.4 Å². The third-order valence-electron chi connectivity index (χ3n) is 4.43. The highest BCUT2D eigenvalue weighted by molar-refractivity contribution is 5.82. The maximum atomic E-state index is 12.3. The molecule has 21 heavy (non-hydrogen) atoms. The zero-order valence-corrected chi connectivity index (χ0v) is 13.7. The number of carbonyl (C=O) groups excluding carboxylic acids is 2. The molecule has 0 radical (unpaired) electrons. The Morgan fingerprint density at radius 2 is 1.43 bits per heavy atom. The molecule has 0 spiro atoms. The Morgan fingerprint density at radius 3 is 1.95 bits per heavy atom. The number of hydrogen-bond donors (Lipinski definition) is 1. The number of nitrogens with zero attached hydrogens (tertiary/aromatic N) is 2. The van der Waals surface area contributed by atoms with Crippen molar-refractivity contribution in [1.82, 2.24) is 15.1 Å². The van der Waals surface area contributed by atoms with Crippen LogP contribution in [0.1, 0.15) is 52.9 Å². The fourth-order valence-corrected chi connectivity index (χ4v) is 3.10. The van der Waals surface area contributed by atoms with E-state index in [0.29, 0.717) is 32.2 Å². The van der Waals surface area contributed by atoms with Crippen molar-refractivity contribution in [3.8, 4) is 0 Å². The Hall–Kier alpha value is -1.26. The van der Waals surface area contributed by atoms with Crippen molar-refractivity contribution in [3.63, 3.8) is 0 Å². The quantitative estimate of drug-likeness (QED) is 0.806. The van der Waals surface area contributed by atoms with Crippen LogP contribution in [0.5, 0.6) is 0 Å². The second-order valence-electron chi connectivity index (χ2n) is 7.31. The van der Waals surface area contributed by atoms with Crippen LogP contribution in [0, 0.1) is 5.41 Å². The summed E-state index contributed by atoms with van der Waals surface area (Å²) in [6, 6.07) is 0.394. The summed E-state index contributed by atoms with van der Waals surface area (Å²) in [5.74, 6) is 0.176. The van der Waals surface area contributed by atoms with Gasteiger partial charge < -0.3 is 15.1 Å². The predicted molar refractivity (Wildman–Crippen MR) is 83.0 cm³/mol. The minimum atomic E-state index is -0.341. The molecule has 5 heteroatoms. The van der Waals surface area contributed by atoms with E-state index in [4.69, 9.17) is 0 Å². The van der Waals surface area contributed by atoms with Gasteiger partial charge in [0, 0.05) is 37.6 Å². The van der Waals surface area contributed by atoms with E-state index < -0.39 is 0 Å². The summed E-state index contributed by atoms with van der Waals surface area (Å²) >= 11 is 0. The number of piperazine rings is 1. The van der Waals surface area contributed by atoms with Crippen LogP contribution in [0.4, 0.5) is 4.79 Å². The van der Waals surface area contributed by atoms with Gasteiger partial charge in [-0.2, -0.15) is 0 Å². The Bertz CT molecular complexity index is 375. The maximum Gasteiger partial charge on any atom is 0.317 e. The second kappa shape index (κ2) is 6.67. The van der Waals surface area contributed by atoms with E-state index in [9.17, 15) is 9.59 Å². The highest BCUT2D eigenvalue weighted by Crippen LogP contribution is 2.20. The van der Waals surface area contributed by atoms with Crippen molar-refractivity contribution in [1.29, 1.82) is 0 Å². The van der Waals surface area contributed by atoms with Crippen LogP contribution in [0.15, 0.2) is 0 Å². The van der Waals surface area contributed by atoms with Gasteiger partial charge in [0.25, 0.3) is 0 Å². The lowest BCUT2D eigenvalue weighted by Gasteiger charge is -2.38. The van der Waals surface area contributed by atoms with Gasteiger partial charge in [0.2, 0.25) is 5.91 Å². The van der Waals surface area contributed by atoms with E-state index in [0.717, 1.165) is 12.8 Å². The predicted octanol–water partition coefficient (Wildman–Crippen LogP) is 2.22. The Kier molecular flexibility index (Phi) is 5.12. The highest BCUT2D eigenvalue weighted by atomic mass is 16.2. The van der Waals surface area contributed by atoms with Gasteiger partial charge in [-0.3, -0.25) is 4.79 Å². The molecule has 120 valence electrons. The minimum Gasteiger partial charge on any atom is -0.339 e. The molecule has 0 atom stereocenters. The molecule has 1 aliphatic carbocycles. The molecule has 2 fully saturated rings. The fourth-order valence-electron chi connectivity index (χ4n) is 3.10. The molecule has 2 aliphatic rings. The topological polar surface area (TPSA) is 52.7 Å². The first-order chi connectivity index (χ1) is 9.88. The van der Waals surface area contributed by atoms with Crippen molar-refractivity contribution in [2.75, 3.05) is 26.2 Å². The van der Waals surface area contributed by atoms with Gasteiger partial charge in [0.15, 0.2) is 0 Å². The summed E-state index contributed by atoms with van der Waals surface area (Å²) in [5.41, 5.74) is -0.341. The first kappa shape index (κ1) is 16.1. The van der Waals surface area contributed by atoms with Crippen LogP contribution in [0.2, 0.25) is 0 Å². The third kappa shape index (κ3) is 4.35. The average Bonchev–Trinajstić information content (AvgIpc) is 2.46. The number of rotatable bonds is 1. The van der Waals surface area contributed by atoms with E-state index in [2.05, 4.69) is 5.32 Å². The lowest BCUT2D eigenvalue weighted by molar-refractivity contribution is -0.140. The van der Waals surface area contributed by atoms with E-state index in [1.807, 2.05) is 30.6 Å². The maximum absolute atomic E-state index is 12.3. The monoisotopic (exact) mass is 295 g/mol. The van der Waals surface area contributed by atoms with Crippen LogP contribution in [-0.4, -0.2) is 54.0 Å². The lowest BCUT2D eigenvalue weighted by atomic mass is 9.94. The van der Waals surface area contributed by atoms with Crippen molar-refractivity contribution in [2.24, 2.45) is 5.41 Å². The highest BCUT2D eigenvalue weighted by Gasteiger charge is 2.31. The molecule has 0 bridgehead atoms. The molecule has 1 N–H and O–H groups in total. The van der Waals surface area contributed by atoms with Crippen LogP contribution in [0.25, 0.3) is 0 Å². The number of amides is 3. The molecule has 0 aromatic carbocycles. The molecule has 0 unspecified atom stereocenters. The molecule has 0 aromatic rings. The zero-order chi connectivity index (χ0) is 15.5. The lowest BCUT2D eigenvalue weighted by Crippen LogP contribution is -2.56. The van der Waals surface area contributed by atoms with E-state index in [1.165, 1.54) is 19.3 Å². The molecule has 1 saturated heterocycles. The van der Waals surface area contributed by atoms with Crippen molar-refractivity contribution in [2.45, 2.75) is 58.9 Å². The summed E-state index contributed by atoms with van der Waals surface area (Å²) in [4.78, 5) is 28.2. The van der Waals surface area contributed by atoms with Crippen molar-refractivity contribution in [3.05, 3.63) is 0 Å². The second-order valence-corrected chi connectivity index (χ2v) is 7.31. The van der Waals surface area contributed by atoms with Crippen LogP contribution in [-0.2, 0) is 4.79 Å². The summed E-state index contributed by atoms with van der Waals surface area (Å²) < 4.78 is 0. The summed E-state index contributed by atoms with van der Waals surface area (Å²) in [7, 11) is 0. The number of hydrogen-bond acceptors (Lipinski definition) is 2. The van der Waals surface area contributed by atoms with Crippen molar-refractivity contribution < 1.29 is 9.59 Å². The summed E-state index contributed by atoms with van der Waals surface area (Å²) in [6.07, 6.45) is 5.94. The molecule has 1 heterocycles. The van der Waals surface area contributed by atoms with E-state index >= 15 is 0 Å². The Morgan fingerprint density at radius 1 is 0.905 bits per heavy atom. The summed E-state index contributed by atoms with van der Waals surface area (Å²) in [6.45, 7) is 8.40. The SMILES string of the molecule is CC(C)(C)C(=O)N1CCN(C(=O)NC2CCCCC2)CC1. The van der Waals surface area contributed by atoms with Crippen LogP contribution >= 0.6 is 0 Å². The number of nitrogens with one attached hydrogen (secondary N) is 1. The van der Waals surface area contributed by atoms with Gasteiger partial charge in [-0.25, -0.2) is 4.79 Å². The first-order valence-corrected chi connectivity index (χ1v) is 8.23. The average molecular weight is 295 g/mol. The number of urea groups is 1. The van der Waals surface area contributed by atoms with E-state index in [1.54, 1.807) is 0 Å².